The van der Waals surface area contributed by atoms with Crippen molar-refractivity contribution in [3.8, 4) is 0 Å². The summed E-state index contributed by atoms with van der Waals surface area (Å²) in [6.07, 6.45) is 6.60. The Kier molecular flexibility index (Phi) is 9.05. The molecule has 22 heavy (non-hydrogen) atoms. The summed E-state index contributed by atoms with van der Waals surface area (Å²) >= 11 is 0. The SMILES string of the molecule is CN=C(NCC1CCN(C)C1)NC1CCC(C(C)C)CC1.I. The lowest BCUT2D eigenvalue weighted by atomic mass is 9.80. The van der Waals surface area contributed by atoms with Crippen LogP contribution in [0.4, 0.5) is 0 Å². The molecule has 130 valence electrons. The third kappa shape index (κ3) is 6.22. The molecule has 2 rings (SSSR count). The second-order valence-electron chi connectivity index (χ2n) is 7.37. The maximum Gasteiger partial charge on any atom is 0.191 e. The minimum Gasteiger partial charge on any atom is -0.356 e. The Hall–Kier alpha value is -0.0400. The van der Waals surface area contributed by atoms with Crippen LogP contribution >= 0.6 is 24.0 Å². The average Bonchev–Trinajstić information content (AvgIpc) is 2.89. The molecule has 0 amide bonds. The third-order valence-corrected chi connectivity index (χ3v) is 5.33. The van der Waals surface area contributed by atoms with E-state index in [1.165, 1.54) is 45.2 Å². The molecule has 2 fully saturated rings. The number of aliphatic imine (C=N–C) groups is 1. The molecule has 0 radical (unpaired) electrons. The molecule has 1 saturated heterocycles. The fraction of sp³-hybridized carbons (Fsp3) is 0.941. The Bertz CT molecular complexity index is 338. The van der Waals surface area contributed by atoms with Gasteiger partial charge in [-0.15, -0.1) is 24.0 Å². The molecule has 4 nitrogen and oxygen atoms in total. The number of nitrogens with zero attached hydrogens (tertiary/aromatic N) is 2. The lowest BCUT2D eigenvalue weighted by Gasteiger charge is -2.32. The zero-order valence-electron chi connectivity index (χ0n) is 14.8. The van der Waals surface area contributed by atoms with Crippen LogP contribution in [0.15, 0.2) is 4.99 Å². The summed E-state index contributed by atoms with van der Waals surface area (Å²) < 4.78 is 0. The second-order valence-corrected chi connectivity index (χ2v) is 7.37. The van der Waals surface area contributed by atoms with Crippen molar-refractivity contribution in [2.24, 2.45) is 22.7 Å². The predicted octanol–water partition coefficient (Wildman–Crippen LogP) is 2.94. The predicted molar refractivity (Wildman–Crippen MR) is 106 cm³/mol. The van der Waals surface area contributed by atoms with Crippen LogP contribution in [-0.4, -0.2) is 50.6 Å². The van der Waals surface area contributed by atoms with E-state index < -0.39 is 0 Å². The maximum absolute atomic E-state index is 4.40. The van der Waals surface area contributed by atoms with Gasteiger partial charge < -0.3 is 15.5 Å². The molecule has 0 aromatic rings. The van der Waals surface area contributed by atoms with Gasteiger partial charge in [0.05, 0.1) is 0 Å². The summed E-state index contributed by atoms with van der Waals surface area (Å²) in [7, 11) is 4.09. The smallest absolute Gasteiger partial charge is 0.191 e. The Morgan fingerprint density at radius 2 is 1.86 bits per heavy atom. The molecule has 2 N–H and O–H groups in total. The van der Waals surface area contributed by atoms with Gasteiger partial charge in [0, 0.05) is 26.2 Å². The van der Waals surface area contributed by atoms with Gasteiger partial charge in [0.1, 0.15) is 0 Å². The minimum atomic E-state index is 0. The standard InChI is InChI=1S/C17H34N4.HI/c1-13(2)15-5-7-16(8-6-15)20-17(18-3)19-11-14-9-10-21(4)12-14;/h13-16H,5-12H2,1-4H3,(H2,18,19,20);1H. The van der Waals surface area contributed by atoms with Crippen molar-refractivity contribution in [1.29, 1.82) is 0 Å². The second kappa shape index (κ2) is 9.96. The van der Waals surface area contributed by atoms with Crippen LogP contribution in [0.1, 0.15) is 46.0 Å². The molecule has 1 unspecified atom stereocenters. The van der Waals surface area contributed by atoms with Crippen molar-refractivity contribution in [2.45, 2.75) is 52.0 Å². The number of nitrogens with one attached hydrogen (secondary N) is 2. The maximum atomic E-state index is 4.40. The van der Waals surface area contributed by atoms with Crippen molar-refractivity contribution >= 4 is 29.9 Å². The Morgan fingerprint density at radius 3 is 2.36 bits per heavy atom. The lowest BCUT2D eigenvalue weighted by molar-refractivity contribution is 0.250. The van der Waals surface area contributed by atoms with Crippen LogP contribution in [0.3, 0.4) is 0 Å². The highest BCUT2D eigenvalue weighted by atomic mass is 127. The minimum absolute atomic E-state index is 0. The molecular formula is C17H35IN4. The van der Waals surface area contributed by atoms with Gasteiger partial charge in [-0.25, -0.2) is 0 Å². The summed E-state index contributed by atoms with van der Waals surface area (Å²) in [4.78, 5) is 6.81. The number of hydrogen-bond donors (Lipinski definition) is 2. The van der Waals surface area contributed by atoms with Gasteiger partial charge >= 0.3 is 0 Å². The monoisotopic (exact) mass is 422 g/mol. The molecule has 2 aliphatic rings. The largest absolute Gasteiger partial charge is 0.356 e. The summed E-state index contributed by atoms with van der Waals surface area (Å²) in [6.45, 7) is 8.21. The van der Waals surface area contributed by atoms with Gasteiger partial charge in [-0.3, -0.25) is 4.99 Å². The zero-order valence-corrected chi connectivity index (χ0v) is 17.1. The molecule has 1 aliphatic carbocycles. The van der Waals surface area contributed by atoms with Crippen molar-refractivity contribution in [1.82, 2.24) is 15.5 Å². The first-order valence-electron chi connectivity index (χ1n) is 8.74. The summed E-state index contributed by atoms with van der Waals surface area (Å²) in [5.41, 5.74) is 0. The van der Waals surface area contributed by atoms with Gasteiger partial charge in [-0.05, 0) is 63.5 Å². The number of guanidine groups is 1. The number of hydrogen-bond acceptors (Lipinski definition) is 2. The van der Waals surface area contributed by atoms with Crippen molar-refractivity contribution in [2.75, 3.05) is 33.7 Å². The van der Waals surface area contributed by atoms with Gasteiger partial charge in [0.15, 0.2) is 5.96 Å². The molecule has 5 heteroatoms. The molecular weight excluding hydrogens is 387 g/mol. The zero-order chi connectivity index (χ0) is 15.2. The highest BCUT2D eigenvalue weighted by molar-refractivity contribution is 14.0. The van der Waals surface area contributed by atoms with Gasteiger partial charge in [-0.1, -0.05) is 13.8 Å². The fourth-order valence-corrected chi connectivity index (χ4v) is 3.75. The molecule has 0 bridgehead atoms. The van der Waals surface area contributed by atoms with E-state index in [1.54, 1.807) is 0 Å². The lowest BCUT2D eigenvalue weighted by Crippen LogP contribution is -2.46. The van der Waals surface area contributed by atoms with Crippen LogP contribution < -0.4 is 10.6 Å². The van der Waals surface area contributed by atoms with E-state index in [4.69, 9.17) is 0 Å². The fourth-order valence-electron chi connectivity index (χ4n) is 3.75. The highest BCUT2D eigenvalue weighted by Crippen LogP contribution is 2.29. The van der Waals surface area contributed by atoms with E-state index in [9.17, 15) is 0 Å². The van der Waals surface area contributed by atoms with Gasteiger partial charge in [0.2, 0.25) is 0 Å². The van der Waals surface area contributed by atoms with Crippen molar-refractivity contribution in [3.05, 3.63) is 0 Å². The van der Waals surface area contributed by atoms with Crippen LogP contribution in [0.5, 0.6) is 0 Å². The van der Waals surface area contributed by atoms with Crippen LogP contribution in [0.25, 0.3) is 0 Å². The molecule has 0 aromatic carbocycles. The Morgan fingerprint density at radius 1 is 1.18 bits per heavy atom. The first kappa shape index (κ1) is 20.0. The van der Waals surface area contributed by atoms with E-state index >= 15 is 0 Å². The average molecular weight is 422 g/mol. The first-order valence-corrected chi connectivity index (χ1v) is 8.74. The third-order valence-electron chi connectivity index (χ3n) is 5.33. The summed E-state index contributed by atoms with van der Waals surface area (Å²) in [5.74, 6) is 3.53. The Balaban J connectivity index is 0.00000242. The Labute approximate surface area is 153 Å². The van der Waals surface area contributed by atoms with Crippen molar-refractivity contribution < 1.29 is 0 Å². The van der Waals surface area contributed by atoms with Crippen LogP contribution in [-0.2, 0) is 0 Å². The van der Waals surface area contributed by atoms with E-state index in [0.717, 1.165) is 30.3 Å². The van der Waals surface area contributed by atoms with E-state index in [-0.39, 0.29) is 24.0 Å². The van der Waals surface area contributed by atoms with Crippen molar-refractivity contribution in [3.63, 3.8) is 0 Å². The van der Waals surface area contributed by atoms with E-state index in [0.29, 0.717) is 6.04 Å². The van der Waals surface area contributed by atoms with E-state index in [1.807, 2.05) is 7.05 Å². The molecule has 0 spiro atoms. The number of likely N-dealkylation sites (tertiary alicyclic amines) is 1. The van der Waals surface area contributed by atoms with E-state index in [2.05, 4.69) is 41.4 Å². The normalized spacial score (nSPS) is 30.2. The molecule has 1 aliphatic heterocycles. The quantitative estimate of drug-likeness (QED) is 0.416. The highest BCUT2D eigenvalue weighted by Gasteiger charge is 2.24. The number of rotatable bonds is 4. The van der Waals surface area contributed by atoms with Gasteiger partial charge in [-0.2, -0.15) is 0 Å². The van der Waals surface area contributed by atoms with Crippen LogP contribution in [0.2, 0.25) is 0 Å². The topological polar surface area (TPSA) is 39.7 Å². The number of halogens is 1. The molecule has 0 aromatic heterocycles. The van der Waals surface area contributed by atoms with Gasteiger partial charge in [0.25, 0.3) is 0 Å². The first-order chi connectivity index (χ1) is 10.1. The molecule has 1 saturated carbocycles. The molecule has 1 atom stereocenters. The van der Waals surface area contributed by atoms with Crippen LogP contribution in [0, 0.1) is 17.8 Å². The molecule has 1 heterocycles. The summed E-state index contributed by atoms with van der Waals surface area (Å²) in [6, 6.07) is 0.609. The summed E-state index contributed by atoms with van der Waals surface area (Å²) in [5, 5.41) is 7.15.